The molecule has 2 rings (SSSR count). The predicted octanol–water partition coefficient (Wildman–Crippen LogP) is 2.20. The van der Waals surface area contributed by atoms with E-state index in [1.165, 1.54) is 18.2 Å². The van der Waals surface area contributed by atoms with Crippen LogP contribution in [0.5, 0.6) is 0 Å². The summed E-state index contributed by atoms with van der Waals surface area (Å²) in [5.41, 5.74) is -0.540. The SMILES string of the molecule is CC(c1c(F)cccc1F)N1CC(C)(OCC(=O)O)C1. The van der Waals surface area contributed by atoms with Crippen LogP contribution in [0, 0.1) is 11.6 Å². The Morgan fingerprint density at radius 2 is 2.00 bits per heavy atom. The second-order valence-corrected chi connectivity index (χ2v) is 5.35. The van der Waals surface area contributed by atoms with Crippen LogP contribution in [0.25, 0.3) is 0 Å². The van der Waals surface area contributed by atoms with Crippen LogP contribution in [0.3, 0.4) is 0 Å². The minimum Gasteiger partial charge on any atom is -0.480 e. The van der Waals surface area contributed by atoms with Gasteiger partial charge in [-0.25, -0.2) is 13.6 Å². The predicted molar refractivity (Wildman–Crippen MR) is 68.3 cm³/mol. The molecule has 1 fully saturated rings. The third kappa shape index (κ3) is 2.96. The van der Waals surface area contributed by atoms with Crippen molar-refractivity contribution in [3.8, 4) is 0 Å². The van der Waals surface area contributed by atoms with Gasteiger partial charge in [0.2, 0.25) is 0 Å². The summed E-state index contributed by atoms with van der Waals surface area (Å²) in [6.45, 7) is 4.02. The Morgan fingerprint density at radius 3 is 2.50 bits per heavy atom. The number of benzene rings is 1. The van der Waals surface area contributed by atoms with Crippen molar-refractivity contribution in [2.75, 3.05) is 19.7 Å². The molecule has 0 bridgehead atoms. The van der Waals surface area contributed by atoms with Gasteiger partial charge in [-0.2, -0.15) is 0 Å². The van der Waals surface area contributed by atoms with Crippen LogP contribution in [0.1, 0.15) is 25.5 Å². The number of hydrogen-bond donors (Lipinski definition) is 1. The fourth-order valence-electron chi connectivity index (χ4n) is 2.51. The lowest BCUT2D eigenvalue weighted by Crippen LogP contribution is -2.62. The number of likely N-dealkylation sites (tertiary alicyclic amines) is 1. The maximum Gasteiger partial charge on any atom is 0.329 e. The van der Waals surface area contributed by atoms with Gasteiger partial charge in [0.15, 0.2) is 0 Å². The van der Waals surface area contributed by atoms with Crippen molar-refractivity contribution in [3.05, 3.63) is 35.4 Å². The zero-order valence-corrected chi connectivity index (χ0v) is 11.4. The Hall–Kier alpha value is -1.53. The number of rotatable bonds is 5. The summed E-state index contributed by atoms with van der Waals surface area (Å²) in [5.74, 6) is -2.17. The smallest absolute Gasteiger partial charge is 0.329 e. The topological polar surface area (TPSA) is 49.8 Å². The number of ether oxygens (including phenoxy) is 1. The number of halogens is 2. The lowest BCUT2D eigenvalue weighted by molar-refractivity contribution is -0.169. The molecule has 1 aliphatic rings. The van der Waals surface area contributed by atoms with Crippen molar-refractivity contribution in [1.82, 2.24) is 4.90 Å². The van der Waals surface area contributed by atoms with E-state index in [-0.39, 0.29) is 12.2 Å². The summed E-state index contributed by atoms with van der Waals surface area (Å²) >= 11 is 0. The minimum absolute atomic E-state index is 0.0350. The summed E-state index contributed by atoms with van der Waals surface area (Å²) in [5, 5.41) is 8.58. The first kappa shape index (κ1) is 14.9. The normalized spacial score (nSPS) is 19.4. The summed E-state index contributed by atoms with van der Waals surface area (Å²) < 4.78 is 32.7. The average molecular weight is 285 g/mol. The van der Waals surface area contributed by atoms with Gasteiger partial charge in [-0.15, -0.1) is 0 Å². The molecule has 1 saturated heterocycles. The van der Waals surface area contributed by atoms with Crippen molar-refractivity contribution in [3.63, 3.8) is 0 Å². The lowest BCUT2D eigenvalue weighted by Gasteiger charge is -2.50. The van der Waals surface area contributed by atoms with Crippen LogP contribution in [-0.2, 0) is 9.53 Å². The van der Waals surface area contributed by atoms with E-state index in [4.69, 9.17) is 9.84 Å². The van der Waals surface area contributed by atoms with E-state index in [9.17, 15) is 13.6 Å². The maximum absolute atomic E-state index is 13.7. The summed E-state index contributed by atoms with van der Waals surface area (Å²) in [4.78, 5) is 12.3. The summed E-state index contributed by atoms with van der Waals surface area (Å²) in [6.07, 6.45) is 0. The molecule has 1 aromatic carbocycles. The van der Waals surface area contributed by atoms with Crippen LogP contribution in [0.4, 0.5) is 8.78 Å². The third-order valence-electron chi connectivity index (χ3n) is 3.58. The van der Waals surface area contributed by atoms with Gasteiger partial charge in [0, 0.05) is 24.7 Å². The van der Waals surface area contributed by atoms with E-state index in [0.717, 1.165) is 0 Å². The molecule has 6 heteroatoms. The molecule has 110 valence electrons. The van der Waals surface area contributed by atoms with Gasteiger partial charge < -0.3 is 9.84 Å². The van der Waals surface area contributed by atoms with Crippen LogP contribution < -0.4 is 0 Å². The molecule has 0 spiro atoms. The molecule has 0 saturated carbocycles. The van der Waals surface area contributed by atoms with Crippen molar-refractivity contribution >= 4 is 5.97 Å². The first-order chi connectivity index (χ1) is 9.32. The Morgan fingerprint density at radius 1 is 1.45 bits per heavy atom. The van der Waals surface area contributed by atoms with E-state index in [1.54, 1.807) is 13.8 Å². The highest BCUT2D eigenvalue weighted by atomic mass is 19.1. The number of nitrogens with zero attached hydrogens (tertiary/aromatic N) is 1. The second kappa shape index (κ2) is 5.46. The first-order valence-electron chi connectivity index (χ1n) is 6.36. The number of carboxylic acids is 1. The van der Waals surface area contributed by atoms with Crippen molar-refractivity contribution in [2.24, 2.45) is 0 Å². The summed E-state index contributed by atoms with van der Waals surface area (Å²) in [6, 6.07) is 3.37. The Labute approximate surface area is 116 Å². The van der Waals surface area contributed by atoms with Gasteiger partial charge in [0.05, 0.1) is 5.60 Å². The second-order valence-electron chi connectivity index (χ2n) is 5.35. The Bertz CT molecular complexity index is 495. The maximum atomic E-state index is 13.7. The number of aliphatic carboxylic acids is 1. The van der Waals surface area contributed by atoms with Gasteiger partial charge in [0.1, 0.15) is 18.2 Å². The highest BCUT2D eigenvalue weighted by molar-refractivity contribution is 5.68. The number of carbonyl (C=O) groups is 1. The van der Waals surface area contributed by atoms with Gasteiger partial charge in [-0.05, 0) is 26.0 Å². The molecule has 1 unspecified atom stereocenters. The van der Waals surface area contributed by atoms with Gasteiger partial charge in [0.25, 0.3) is 0 Å². The van der Waals surface area contributed by atoms with Crippen LogP contribution in [-0.4, -0.2) is 41.3 Å². The monoisotopic (exact) mass is 285 g/mol. The molecule has 1 aliphatic heterocycles. The molecule has 1 heterocycles. The van der Waals surface area contributed by atoms with Crippen LogP contribution in [0.2, 0.25) is 0 Å². The van der Waals surface area contributed by atoms with Gasteiger partial charge in [-0.3, -0.25) is 4.90 Å². The highest BCUT2D eigenvalue weighted by Gasteiger charge is 2.43. The molecular formula is C14H17F2NO3. The molecule has 1 atom stereocenters. The molecule has 0 radical (unpaired) electrons. The molecule has 20 heavy (non-hydrogen) atoms. The van der Waals surface area contributed by atoms with E-state index in [0.29, 0.717) is 13.1 Å². The minimum atomic E-state index is -1.03. The third-order valence-corrected chi connectivity index (χ3v) is 3.58. The average Bonchev–Trinajstić information content (AvgIpc) is 2.32. The Balaban J connectivity index is 2.00. The molecule has 0 aromatic heterocycles. The van der Waals surface area contributed by atoms with Crippen molar-refractivity contribution in [1.29, 1.82) is 0 Å². The lowest BCUT2D eigenvalue weighted by atomic mass is 9.92. The number of hydrogen-bond acceptors (Lipinski definition) is 3. The van der Waals surface area contributed by atoms with E-state index in [2.05, 4.69) is 0 Å². The molecule has 1 N–H and O–H groups in total. The van der Waals surface area contributed by atoms with Gasteiger partial charge >= 0.3 is 5.97 Å². The number of carboxylic acid groups (broad SMARTS) is 1. The van der Waals surface area contributed by atoms with Gasteiger partial charge in [-0.1, -0.05) is 6.07 Å². The van der Waals surface area contributed by atoms with Crippen molar-refractivity contribution < 1.29 is 23.4 Å². The molecule has 4 nitrogen and oxygen atoms in total. The molecule has 1 aromatic rings. The van der Waals surface area contributed by atoms with E-state index < -0.39 is 29.2 Å². The largest absolute Gasteiger partial charge is 0.480 e. The zero-order valence-electron chi connectivity index (χ0n) is 11.4. The fourth-order valence-corrected chi connectivity index (χ4v) is 2.51. The fraction of sp³-hybridized carbons (Fsp3) is 0.500. The van der Waals surface area contributed by atoms with Crippen LogP contribution >= 0.6 is 0 Å². The molecule has 0 aliphatic carbocycles. The Kier molecular flexibility index (Phi) is 4.06. The molecule has 0 amide bonds. The van der Waals surface area contributed by atoms with Crippen molar-refractivity contribution in [2.45, 2.75) is 25.5 Å². The van der Waals surface area contributed by atoms with E-state index >= 15 is 0 Å². The quantitative estimate of drug-likeness (QED) is 0.901. The summed E-state index contributed by atoms with van der Waals surface area (Å²) in [7, 11) is 0. The first-order valence-corrected chi connectivity index (χ1v) is 6.36. The highest BCUT2D eigenvalue weighted by Crippen LogP contribution is 2.34. The standard InChI is InChI=1S/C14H17F2NO3/c1-9(13-10(15)4-3-5-11(13)16)17-7-14(2,8-17)20-6-12(18)19/h3-5,9H,6-8H2,1-2H3,(H,18,19). The van der Waals surface area contributed by atoms with E-state index in [1.807, 2.05) is 4.90 Å². The molecular weight excluding hydrogens is 268 g/mol. The zero-order chi connectivity index (χ0) is 14.9. The van der Waals surface area contributed by atoms with Crippen LogP contribution in [0.15, 0.2) is 18.2 Å².